The van der Waals surface area contributed by atoms with Crippen LogP contribution < -0.4 is 16.4 Å². The summed E-state index contributed by atoms with van der Waals surface area (Å²) in [6.45, 7) is 0.993. The van der Waals surface area contributed by atoms with Crippen molar-refractivity contribution in [2.24, 2.45) is 5.73 Å². The Kier molecular flexibility index (Phi) is 10.3. The molecule has 0 aliphatic heterocycles. The average Bonchev–Trinajstić information content (AvgIpc) is 3.76. The lowest BCUT2D eigenvalue weighted by molar-refractivity contribution is -0.118. The molecule has 1 atom stereocenters. The Balaban J connectivity index is 1.07. The van der Waals surface area contributed by atoms with Crippen molar-refractivity contribution in [3.63, 3.8) is 0 Å². The smallest absolute Gasteiger partial charge is 0.407 e. The Bertz CT molecular complexity index is 1620. The molecule has 4 aromatic rings. The number of nitrogens with one attached hydrogen (secondary N) is 2. The lowest BCUT2D eigenvalue weighted by atomic mass is 9.93. The molecular formula is C38H42N4O5. The van der Waals surface area contributed by atoms with Crippen molar-refractivity contribution < 1.29 is 23.5 Å². The first kappa shape index (κ1) is 32.1. The average molecular weight is 635 g/mol. The van der Waals surface area contributed by atoms with Crippen LogP contribution in [0.3, 0.4) is 0 Å². The number of amides is 3. The standard InChI is InChI=1S/C38H42N4O5/c39-22-8-16-34(41-38(45)47-25-33-31-14-6-4-12-29(31)30-13-5-7-15-32(30)33)36(43)40-27-20-18-26(19-21-27)24-42(28-10-2-1-3-11-28)37(44)35-17-9-23-46-35/h4-7,9,12-15,17-21,23,28,33-34H,1-3,8,10-11,16,22,24-25,39H2,(H,40,43)(H,41,45)/t34-/m1/s1. The number of carbonyl (C=O) groups is 3. The molecule has 47 heavy (non-hydrogen) atoms. The highest BCUT2D eigenvalue weighted by Gasteiger charge is 2.30. The van der Waals surface area contributed by atoms with Crippen molar-refractivity contribution in [3.05, 3.63) is 114 Å². The second kappa shape index (κ2) is 15.1. The summed E-state index contributed by atoms with van der Waals surface area (Å²) < 4.78 is 11.1. The van der Waals surface area contributed by atoms with E-state index in [0.717, 1.165) is 53.5 Å². The van der Waals surface area contributed by atoms with Crippen LogP contribution in [0.1, 0.15) is 78.1 Å². The molecule has 2 aliphatic carbocycles. The predicted molar refractivity (Wildman–Crippen MR) is 181 cm³/mol. The maximum Gasteiger partial charge on any atom is 0.407 e. The van der Waals surface area contributed by atoms with Gasteiger partial charge in [-0.05, 0) is 84.3 Å². The fraction of sp³-hybridized carbons (Fsp3) is 0.342. The van der Waals surface area contributed by atoms with Gasteiger partial charge in [-0.15, -0.1) is 0 Å². The highest BCUT2D eigenvalue weighted by Crippen LogP contribution is 2.44. The van der Waals surface area contributed by atoms with Gasteiger partial charge in [-0.3, -0.25) is 9.59 Å². The first-order valence-electron chi connectivity index (χ1n) is 16.6. The number of furan rings is 1. The normalized spacial score (nSPS) is 14.9. The monoisotopic (exact) mass is 634 g/mol. The summed E-state index contributed by atoms with van der Waals surface area (Å²) in [4.78, 5) is 41.6. The number of hydrogen-bond donors (Lipinski definition) is 3. The summed E-state index contributed by atoms with van der Waals surface area (Å²) >= 11 is 0. The third kappa shape index (κ3) is 7.58. The molecule has 1 heterocycles. The van der Waals surface area contributed by atoms with Gasteiger partial charge in [0.1, 0.15) is 12.6 Å². The third-order valence-corrected chi connectivity index (χ3v) is 9.23. The molecule has 0 unspecified atom stereocenters. The van der Waals surface area contributed by atoms with Crippen molar-refractivity contribution in [2.45, 2.75) is 69.5 Å². The minimum atomic E-state index is -0.818. The van der Waals surface area contributed by atoms with E-state index in [4.69, 9.17) is 14.9 Å². The fourth-order valence-electron chi connectivity index (χ4n) is 6.79. The number of nitrogens with zero attached hydrogens (tertiary/aromatic N) is 1. The summed E-state index contributed by atoms with van der Waals surface area (Å²) in [7, 11) is 0. The maximum absolute atomic E-state index is 13.3. The first-order chi connectivity index (χ1) is 23.0. The van der Waals surface area contributed by atoms with Crippen LogP contribution in [-0.2, 0) is 16.1 Å². The minimum Gasteiger partial charge on any atom is -0.459 e. The molecule has 0 saturated heterocycles. The zero-order valence-corrected chi connectivity index (χ0v) is 26.5. The minimum absolute atomic E-state index is 0.0774. The molecule has 0 bridgehead atoms. The largest absolute Gasteiger partial charge is 0.459 e. The number of benzene rings is 3. The quantitative estimate of drug-likeness (QED) is 0.157. The van der Waals surface area contributed by atoms with Crippen LogP contribution in [0, 0.1) is 0 Å². The Morgan fingerprint density at radius 1 is 0.872 bits per heavy atom. The van der Waals surface area contributed by atoms with E-state index in [1.54, 1.807) is 12.1 Å². The van der Waals surface area contributed by atoms with Crippen molar-refractivity contribution in [1.29, 1.82) is 0 Å². The zero-order chi connectivity index (χ0) is 32.6. The number of alkyl carbamates (subject to hydrolysis) is 1. The summed E-state index contributed by atoms with van der Waals surface area (Å²) in [5.41, 5.74) is 11.8. The van der Waals surface area contributed by atoms with Gasteiger partial charge >= 0.3 is 6.09 Å². The number of nitrogens with two attached hydrogens (primary N) is 1. The molecular weight excluding hydrogens is 592 g/mol. The number of anilines is 1. The van der Waals surface area contributed by atoms with Crippen LogP contribution >= 0.6 is 0 Å². The number of ether oxygens (including phenoxy) is 1. The van der Waals surface area contributed by atoms with Gasteiger partial charge in [0.2, 0.25) is 5.91 Å². The Morgan fingerprint density at radius 3 is 2.19 bits per heavy atom. The van der Waals surface area contributed by atoms with Crippen molar-refractivity contribution in [3.8, 4) is 11.1 Å². The summed E-state index contributed by atoms with van der Waals surface area (Å²) in [5.74, 6) is -0.198. The van der Waals surface area contributed by atoms with Gasteiger partial charge in [-0.1, -0.05) is 79.9 Å². The lowest BCUT2D eigenvalue weighted by Crippen LogP contribution is -2.44. The molecule has 0 spiro atoms. The first-order valence-corrected chi connectivity index (χ1v) is 16.6. The predicted octanol–water partition coefficient (Wildman–Crippen LogP) is 6.84. The van der Waals surface area contributed by atoms with E-state index in [1.165, 1.54) is 12.7 Å². The van der Waals surface area contributed by atoms with Crippen LogP contribution in [0.4, 0.5) is 10.5 Å². The van der Waals surface area contributed by atoms with Gasteiger partial charge in [0.25, 0.3) is 5.91 Å². The molecule has 1 aromatic heterocycles. The fourth-order valence-corrected chi connectivity index (χ4v) is 6.79. The van der Waals surface area contributed by atoms with Crippen LogP contribution in [0.2, 0.25) is 0 Å². The maximum atomic E-state index is 13.3. The molecule has 244 valence electrons. The summed E-state index contributed by atoms with van der Waals surface area (Å²) in [6, 6.07) is 26.5. The number of rotatable bonds is 12. The molecule has 3 amide bonds. The van der Waals surface area contributed by atoms with Crippen LogP contribution in [-0.4, -0.2) is 48.0 Å². The number of hydrogen-bond acceptors (Lipinski definition) is 6. The molecule has 0 radical (unpaired) electrons. The van der Waals surface area contributed by atoms with Crippen molar-refractivity contribution >= 4 is 23.6 Å². The Morgan fingerprint density at radius 2 is 1.55 bits per heavy atom. The Labute approximate surface area is 275 Å². The van der Waals surface area contributed by atoms with Crippen molar-refractivity contribution in [2.75, 3.05) is 18.5 Å². The van der Waals surface area contributed by atoms with Gasteiger partial charge in [0, 0.05) is 24.2 Å². The van der Waals surface area contributed by atoms with Gasteiger partial charge in [-0.2, -0.15) is 0 Å². The topological polar surface area (TPSA) is 127 Å². The highest BCUT2D eigenvalue weighted by molar-refractivity contribution is 5.96. The van der Waals surface area contributed by atoms with E-state index < -0.39 is 12.1 Å². The third-order valence-electron chi connectivity index (χ3n) is 9.23. The Hall–Kier alpha value is -4.89. The molecule has 4 N–H and O–H groups in total. The van der Waals surface area contributed by atoms with Gasteiger partial charge in [0.05, 0.1) is 6.26 Å². The SMILES string of the molecule is NCCC[C@@H](NC(=O)OCC1c2ccccc2-c2ccccc21)C(=O)Nc1ccc(CN(C(=O)c2ccco2)C2CCCCC2)cc1. The number of carbonyl (C=O) groups excluding carboxylic acids is 3. The highest BCUT2D eigenvalue weighted by atomic mass is 16.5. The summed E-state index contributed by atoms with van der Waals surface area (Å²) in [5, 5.41) is 5.68. The molecule has 6 rings (SSSR count). The van der Waals surface area contributed by atoms with E-state index >= 15 is 0 Å². The lowest BCUT2D eigenvalue weighted by Gasteiger charge is -2.34. The van der Waals surface area contributed by atoms with Gasteiger partial charge in [0.15, 0.2) is 5.76 Å². The van der Waals surface area contributed by atoms with E-state index in [-0.39, 0.29) is 30.4 Å². The van der Waals surface area contributed by atoms with E-state index in [9.17, 15) is 14.4 Å². The van der Waals surface area contributed by atoms with Crippen molar-refractivity contribution in [1.82, 2.24) is 10.2 Å². The molecule has 1 saturated carbocycles. The van der Waals surface area contributed by atoms with Gasteiger partial charge in [-0.25, -0.2) is 4.79 Å². The molecule has 2 aliphatic rings. The summed E-state index contributed by atoms with van der Waals surface area (Å²) in [6.07, 6.45) is 7.15. The van der Waals surface area contributed by atoms with Crippen LogP contribution in [0.15, 0.2) is 95.6 Å². The molecule has 9 nitrogen and oxygen atoms in total. The molecule has 3 aromatic carbocycles. The number of fused-ring (bicyclic) bond motifs is 3. The second-order valence-electron chi connectivity index (χ2n) is 12.3. The van der Waals surface area contributed by atoms with E-state index in [0.29, 0.717) is 37.4 Å². The molecule has 9 heteroatoms. The van der Waals surface area contributed by atoms with E-state index in [2.05, 4.69) is 34.9 Å². The zero-order valence-electron chi connectivity index (χ0n) is 26.5. The van der Waals surface area contributed by atoms with Crippen LogP contribution in [0.25, 0.3) is 11.1 Å². The van der Waals surface area contributed by atoms with E-state index in [1.807, 2.05) is 53.4 Å². The second-order valence-corrected chi connectivity index (χ2v) is 12.3. The molecule has 1 fully saturated rings. The van der Waals surface area contributed by atoms with Crippen LogP contribution in [0.5, 0.6) is 0 Å². The van der Waals surface area contributed by atoms with Gasteiger partial charge < -0.3 is 30.4 Å².